The van der Waals surface area contributed by atoms with Gasteiger partial charge in [0.25, 0.3) is 0 Å². The first-order valence-electron chi connectivity index (χ1n) is 10.8. The molecule has 1 aliphatic rings. The number of amides is 2. The zero-order valence-corrected chi connectivity index (χ0v) is 18.7. The molecule has 2 aromatic rings. The lowest BCUT2D eigenvalue weighted by Gasteiger charge is -2.33. The lowest BCUT2D eigenvalue weighted by atomic mass is 9.84. The van der Waals surface area contributed by atoms with Gasteiger partial charge in [0, 0.05) is 12.5 Å². The number of carbonyl (C=O) groups is 3. The van der Waals surface area contributed by atoms with Gasteiger partial charge in [0.2, 0.25) is 5.91 Å². The zero-order chi connectivity index (χ0) is 23.3. The molecule has 32 heavy (non-hydrogen) atoms. The molecule has 2 N–H and O–H groups in total. The van der Waals surface area contributed by atoms with E-state index in [-0.39, 0.29) is 0 Å². The number of carbonyl (C=O) groups excluding carboxylic acids is 2. The Morgan fingerprint density at radius 2 is 1.53 bits per heavy atom. The molecule has 0 bridgehead atoms. The number of nitrogens with zero attached hydrogens (tertiary/aromatic N) is 1. The molecule has 2 amide bonds. The first-order chi connectivity index (χ1) is 15.2. The van der Waals surface area contributed by atoms with Crippen LogP contribution in [0.4, 0.5) is 4.79 Å². The number of hydrogen-bond acceptors (Lipinski definition) is 4. The van der Waals surface area contributed by atoms with Crippen molar-refractivity contribution in [3.05, 3.63) is 71.8 Å². The fourth-order valence-electron chi connectivity index (χ4n) is 4.09. The lowest BCUT2D eigenvalue weighted by Crippen LogP contribution is -2.54. The third kappa shape index (κ3) is 5.66. The maximum atomic E-state index is 13.7. The topological polar surface area (TPSA) is 95.9 Å². The van der Waals surface area contributed by atoms with E-state index in [0.29, 0.717) is 19.4 Å². The summed E-state index contributed by atoms with van der Waals surface area (Å²) in [6.07, 6.45) is 0.268. The van der Waals surface area contributed by atoms with Gasteiger partial charge in [0.15, 0.2) is 0 Å². The van der Waals surface area contributed by atoms with Crippen LogP contribution in [-0.4, -0.2) is 52.2 Å². The number of ether oxygens (including phenoxy) is 1. The van der Waals surface area contributed by atoms with Crippen LogP contribution in [0.5, 0.6) is 0 Å². The molecule has 1 fully saturated rings. The highest BCUT2D eigenvalue weighted by Crippen LogP contribution is 2.31. The van der Waals surface area contributed by atoms with Crippen LogP contribution < -0.4 is 5.32 Å². The zero-order valence-electron chi connectivity index (χ0n) is 18.7. The molecule has 2 atom stereocenters. The van der Waals surface area contributed by atoms with Gasteiger partial charge >= 0.3 is 12.1 Å². The number of nitrogens with one attached hydrogen (secondary N) is 1. The van der Waals surface area contributed by atoms with Crippen molar-refractivity contribution in [2.75, 3.05) is 6.54 Å². The Balaban J connectivity index is 2.05. The number of likely N-dealkylation sites (tertiary alicyclic amines) is 1. The summed E-state index contributed by atoms with van der Waals surface area (Å²) in [6, 6.07) is 16.9. The van der Waals surface area contributed by atoms with E-state index >= 15 is 0 Å². The molecule has 3 rings (SSSR count). The molecule has 0 spiro atoms. The molecule has 7 nitrogen and oxygen atoms in total. The van der Waals surface area contributed by atoms with Gasteiger partial charge in [-0.05, 0) is 44.7 Å². The van der Waals surface area contributed by atoms with Gasteiger partial charge in [-0.1, -0.05) is 60.7 Å². The highest BCUT2D eigenvalue weighted by atomic mass is 16.6. The van der Waals surface area contributed by atoms with Gasteiger partial charge in [-0.25, -0.2) is 9.59 Å². The Labute approximate surface area is 188 Å². The molecule has 2 unspecified atom stereocenters. The van der Waals surface area contributed by atoms with Gasteiger partial charge in [-0.15, -0.1) is 0 Å². The van der Waals surface area contributed by atoms with Gasteiger partial charge in [-0.2, -0.15) is 0 Å². The van der Waals surface area contributed by atoms with Crippen molar-refractivity contribution in [1.82, 2.24) is 10.2 Å². The van der Waals surface area contributed by atoms with E-state index in [1.807, 2.05) is 60.7 Å². The van der Waals surface area contributed by atoms with Crippen LogP contribution >= 0.6 is 0 Å². The molecular weight excluding hydrogens is 408 g/mol. The number of rotatable bonds is 6. The summed E-state index contributed by atoms with van der Waals surface area (Å²) in [5.41, 5.74) is 0.919. The minimum absolute atomic E-state index is 0.332. The number of carboxylic acid groups (broad SMARTS) is 1. The molecule has 0 aromatic heterocycles. The quantitative estimate of drug-likeness (QED) is 0.715. The standard InChI is InChI=1S/C25H30N2O5/c1-25(2,3)32-24(31)26-21(22(28)27-16-10-15-19(27)23(29)30)20(17-11-6-4-7-12-17)18-13-8-5-9-14-18/h4-9,11-14,19-21H,10,15-16H2,1-3H3,(H,26,31)(H,29,30). The second kappa shape index (κ2) is 9.85. The molecule has 2 aromatic carbocycles. The van der Waals surface area contributed by atoms with Crippen molar-refractivity contribution < 1.29 is 24.2 Å². The largest absolute Gasteiger partial charge is 0.480 e. The highest BCUT2D eigenvalue weighted by Gasteiger charge is 2.42. The van der Waals surface area contributed by atoms with Gasteiger partial charge in [0.1, 0.15) is 17.7 Å². The average molecular weight is 439 g/mol. The molecule has 1 heterocycles. The number of hydrogen-bond donors (Lipinski definition) is 2. The second-order valence-electron chi connectivity index (χ2n) is 8.95. The van der Waals surface area contributed by atoms with Crippen LogP contribution in [0.1, 0.15) is 50.7 Å². The Bertz CT molecular complexity index is 900. The maximum Gasteiger partial charge on any atom is 0.408 e. The summed E-state index contributed by atoms with van der Waals surface area (Å²) in [7, 11) is 0. The van der Waals surface area contributed by atoms with Crippen LogP contribution in [0.15, 0.2) is 60.7 Å². The summed E-state index contributed by atoms with van der Waals surface area (Å²) < 4.78 is 5.44. The average Bonchev–Trinajstić information content (AvgIpc) is 3.23. The van der Waals surface area contributed by atoms with Crippen LogP contribution in [0.25, 0.3) is 0 Å². The van der Waals surface area contributed by atoms with E-state index in [2.05, 4.69) is 5.32 Å². The summed E-state index contributed by atoms with van der Waals surface area (Å²) in [5.74, 6) is -1.99. The predicted molar refractivity (Wildman–Crippen MR) is 120 cm³/mol. The van der Waals surface area contributed by atoms with Crippen molar-refractivity contribution in [3.8, 4) is 0 Å². The minimum atomic E-state index is -1.04. The monoisotopic (exact) mass is 438 g/mol. The van der Waals surface area contributed by atoms with Crippen molar-refractivity contribution in [2.45, 2.75) is 57.2 Å². The normalized spacial score (nSPS) is 17.1. The fraction of sp³-hybridized carbons (Fsp3) is 0.400. The van der Waals surface area contributed by atoms with Gasteiger partial charge in [0.05, 0.1) is 0 Å². The van der Waals surface area contributed by atoms with E-state index < -0.39 is 41.6 Å². The molecular formula is C25H30N2O5. The third-order valence-electron chi connectivity index (χ3n) is 5.41. The van der Waals surface area contributed by atoms with Crippen molar-refractivity contribution in [1.29, 1.82) is 0 Å². The smallest absolute Gasteiger partial charge is 0.408 e. The number of carboxylic acids is 1. The summed E-state index contributed by atoms with van der Waals surface area (Å²) in [6.45, 7) is 5.57. The van der Waals surface area contributed by atoms with E-state index in [4.69, 9.17) is 4.74 Å². The van der Waals surface area contributed by atoms with Gasteiger partial charge in [-0.3, -0.25) is 4.79 Å². The van der Waals surface area contributed by atoms with Crippen molar-refractivity contribution in [3.63, 3.8) is 0 Å². The van der Waals surface area contributed by atoms with E-state index in [1.54, 1.807) is 20.8 Å². The van der Waals surface area contributed by atoms with Crippen LogP contribution in [0.3, 0.4) is 0 Å². The molecule has 170 valence electrons. The predicted octanol–water partition coefficient (Wildman–Crippen LogP) is 3.79. The summed E-state index contributed by atoms with van der Waals surface area (Å²) in [5, 5.41) is 12.4. The fourth-order valence-corrected chi connectivity index (χ4v) is 4.09. The first-order valence-corrected chi connectivity index (χ1v) is 10.8. The van der Waals surface area contributed by atoms with Crippen molar-refractivity contribution >= 4 is 18.0 Å². The molecule has 1 aliphatic heterocycles. The Hall–Kier alpha value is -3.35. The van der Waals surface area contributed by atoms with Crippen LogP contribution in [0.2, 0.25) is 0 Å². The Kier molecular flexibility index (Phi) is 7.18. The third-order valence-corrected chi connectivity index (χ3v) is 5.41. The van der Waals surface area contributed by atoms with Crippen LogP contribution in [0, 0.1) is 0 Å². The number of aliphatic carboxylic acids is 1. The SMILES string of the molecule is CC(C)(C)OC(=O)NC(C(=O)N1CCCC1C(=O)O)C(c1ccccc1)c1ccccc1. The maximum absolute atomic E-state index is 13.7. The number of benzene rings is 2. The van der Waals surface area contributed by atoms with E-state index in [1.165, 1.54) is 4.90 Å². The molecule has 1 saturated heterocycles. The minimum Gasteiger partial charge on any atom is -0.480 e. The Morgan fingerprint density at radius 1 is 1.00 bits per heavy atom. The number of alkyl carbamates (subject to hydrolysis) is 1. The van der Waals surface area contributed by atoms with E-state index in [0.717, 1.165) is 11.1 Å². The van der Waals surface area contributed by atoms with Crippen LogP contribution in [-0.2, 0) is 14.3 Å². The molecule has 0 aliphatic carbocycles. The molecule has 0 radical (unpaired) electrons. The summed E-state index contributed by atoms with van der Waals surface area (Å²) >= 11 is 0. The Morgan fingerprint density at radius 3 is 2.00 bits per heavy atom. The summed E-state index contributed by atoms with van der Waals surface area (Å²) in [4.78, 5) is 39.6. The highest BCUT2D eigenvalue weighted by molar-refractivity contribution is 5.91. The van der Waals surface area contributed by atoms with Gasteiger partial charge < -0.3 is 20.1 Å². The van der Waals surface area contributed by atoms with Crippen molar-refractivity contribution in [2.24, 2.45) is 0 Å². The van der Waals surface area contributed by atoms with E-state index in [9.17, 15) is 19.5 Å². The molecule has 7 heteroatoms. The lowest BCUT2D eigenvalue weighted by molar-refractivity contribution is -0.149. The first kappa shape index (κ1) is 23.3. The second-order valence-corrected chi connectivity index (χ2v) is 8.95. The molecule has 0 saturated carbocycles.